The van der Waals surface area contributed by atoms with Crippen LogP contribution in [0.5, 0.6) is 5.88 Å². The number of ether oxygens (including phenoxy) is 1. The van der Waals surface area contributed by atoms with E-state index in [-0.39, 0.29) is 5.82 Å². The van der Waals surface area contributed by atoms with Crippen LogP contribution in [0.4, 0.5) is 4.39 Å². The van der Waals surface area contributed by atoms with E-state index < -0.39 is 0 Å². The Hall–Kier alpha value is -2.76. The van der Waals surface area contributed by atoms with Crippen molar-refractivity contribution in [1.29, 1.82) is 0 Å². The van der Waals surface area contributed by atoms with Gasteiger partial charge in [-0.25, -0.2) is 9.37 Å². The van der Waals surface area contributed by atoms with Gasteiger partial charge in [0.2, 0.25) is 5.88 Å². The van der Waals surface area contributed by atoms with Crippen molar-refractivity contribution in [1.82, 2.24) is 19.7 Å². The monoisotopic (exact) mass is 338 g/mol. The summed E-state index contributed by atoms with van der Waals surface area (Å²) in [5.74, 6) is 1.62. The Kier molecular flexibility index (Phi) is 4.17. The fourth-order valence-corrected chi connectivity index (χ4v) is 2.67. The first-order chi connectivity index (χ1) is 12.2. The molecule has 0 radical (unpaired) electrons. The summed E-state index contributed by atoms with van der Waals surface area (Å²) < 4.78 is 20.8. The smallest absolute Gasteiger partial charge is 0.217 e. The molecule has 1 aliphatic rings. The van der Waals surface area contributed by atoms with Gasteiger partial charge in [0.15, 0.2) is 5.82 Å². The Morgan fingerprint density at radius 3 is 2.64 bits per heavy atom. The number of nitrogens with zero attached hydrogens (tertiary/aromatic N) is 4. The molecule has 0 amide bonds. The van der Waals surface area contributed by atoms with Crippen molar-refractivity contribution < 1.29 is 9.13 Å². The number of benzene rings is 1. The molecule has 0 N–H and O–H groups in total. The molecule has 128 valence electrons. The van der Waals surface area contributed by atoms with E-state index in [0.29, 0.717) is 24.0 Å². The van der Waals surface area contributed by atoms with E-state index in [1.165, 1.54) is 25.0 Å². The third kappa shape index (κ3) is 3.84. The SMILES string of the molecule is Cn1cc(-c2nc(OCCC3CC3)cc(-c3ccc(F)cc3)n2)cn1. The van der Waals surface area contributed by atoms with E-state index >= 15 is 0 Å². The Balaban J connectivity index is 1.67. The highest BCUT2D eigenvalue weighted by molar-refractivity contribution is 5.64. The molecule has 4 rings (SSSR count). The number of aromatic nitrogens is 4. The van der Waals surface area contributed by atoms with Gasteiger partial charge in [0, 0.05) is 24.9 Å². The molecule has 6 heteroatoms. The molecule has 0 bridgehead atoms. The van der Waals surface area contributed by atoms with Crippen molar-refractivity contribution in [3.63, 3.8) is 0 Å². The largest absolute Gasteiger partial charge is 0.478 e. The molecule has 0 spiro atoms. The van der Waals surface area contributed by atoms with E-state index in [0.717, 1.165) is 23.5 Å². The van der Waals surface area contributed by atoms with Crippen molar-refractivity contribution in [2.45, 2.75) is 19.3 Å². The van der Waals surface area contributed by atoms with Crippen LogP contribution in [0.1, 0.15) is 19.3 Å². The number of hydrogen-bond acceptors (Lipinski definition) is 4. The quantitative estimate of drug-likeness (QED) is 0.685. The number of rotatable bonds is 6. The van der Waals surface area contributed by atoms with Crippen LogP contribution in [0.2, 0.25) is 0 Å². The van der Waals surface area contributed by atoms with E-state index in [9.17, 15) is 4.39 Å². The Morgan fingerprint density at radius 2 is 1.96 bits per heavy atom. The van der Waals surface area contributed by atoms with E-state index in [2.05, 4.69) is 15.1 Å². The van der Waals surface area contributed by atoms with Gasteiger partial charge in [-0.2, -0.15) is 10.1 Å². The minimum Gasteiger partial charge on any atom is -0.478 e. The van der Waals surface area contributed by atoms with Crippen LogP contribution in [0.15, 0.2) is 42.7 Å². The van der Waals surface area contributed by atoms with Gasteiger partial charge in [-0.05, 0) is 36.6 Å². The molecule has 0 atom stereocenters. The summed E-state index contributed by atoms with van der Waals surface area (Å²) in [6.07, 6.45) is 7.23. The summed E-state index contributed by atoms with van der Waals surface area (Å²) in [7, 11) is 1.85. The standard InChI is InChI=1S/C19H19FN4O/c1-24-12-15(11-21-24)19-22-17(14-4-6-16(20)7-5-14)10-18(23-19)25-9-8-13-2-3-13/h4-7,10-13H,2-3,8-9H2,1H3. The molecule has 5 nitrogen and oxygen atoms in total. The topological polar surface area (TPSA) is 52.8 Å². The molecule has 25 heavy (non-hydrogen) atoms. The molecule has 1 saturated carbocycles. The molecule has 2 heterocycles. The molecule has 1 fully saturated rings. The normalized spacial score (nSPS) is 13.8. The zero-order valence-electron chi connectivity index (χ0n) is 14.0. The molecule has 1 aromatic carbocycles. The molecular weight excluding hydrogens is 319 g/mol. The first-order valence-corrected chi connectivity index (χ1v) is 8.44. The maximum Gasteiger partial charge on any atom is 0.217 e. The molecular formula is C19H19FN4O. The minimum absolute atomic E-state index is 0.272. The lowest BCUT2D eigenvalue weighted by Gasteiger charge is -2.09. The molecule has 2 aromatic heterocycles. The third-order valence-corrected chi connectivity index (χ3v) is 4.28. The second kappa shape index (κ2) is 6.63. The van der Waals surface area contributed by atoms with Gasteiger partial charge >= 0.3 is 0 Å². The summed E-state index contributed by atoms with van der Waals surface area (Å²) in [6, 6.07) is 8.07. The summed E-state index contributed by atoms with van der Waals surface area (Å²) in [5.41, 5.74) is 2.34. The Bertz CT molecular complexity index is 871. The van der Waals surface area contributed by atoms with E-state index in [1.54, 1.807) is 29.1 Å². The molecule has 0 aliphatic heterocycles. The zero-order chi connectivity index (χ0) is 17.2. The van der Waals surface area contributed by atoms with Crippen LogP contribution in [0.25, 0.3) is 22.6 Å². The van der Waals surface area contributed by atoms with Crippen LogP contribution in [-0.4, -0.2) is 26.4 Å². The van der Waals surface area contributed by atoms with Gasteiger partial charge in [0.1, 0.15) is 5.82 Å². The average Bonchev–Trinajstić information content (AvgIpc) is 3.33. The van der Waals surface area contributed by atoms with Gasteiger partial charge < -0.3 is 4.74 Å². The highest BCUT2D eigenvalue weighted by atomic mass is 19.1. The van der Waals surface area contributed by atoms with Crippen molar-refractivity contribution in [2.75, 3.05) is 6.61 Å². The zero-order valence-corrected chi connectivity index (χ0v) is 14.0. The summed E-state index contributed by atoms with van der Waals surface area (Å²) in [5, 5.41) is 4.18. The van der Waals surface area contributed by atoms with Crippen molar-refractivity contribution in [3.05, 3.63) is 48.5 Å². The number of hydrogen-bond donors (Lipinski definition) is 0. The van der Waals surface area contributed by atoms with Crippen molar-refractivity contribution >= 4 is 0 Å². The van der Waals surface area contributed by atoms with Crippen LogP contribution in [0.3, 0.4) is 0 Å². The average molecular weight is 338 g/mol. The molecule has 0 saturated heterocycles. The van der Waals surface area contributed by atoms with Gasteiger partial charge in [0.25, 0.3) is 0 Å². The lowest BCUT2D eigenvalue weighted by molar-refractivity contribution is 0.291. The lowest BCUT2D eigenvalue weighted by Crippen LogP contribution is -2.02. The number of aryl methyl sites for hydroxylation is 1. The van der Waals surface area contributed by atoms with E-state index in [4.69, 9.17) is 4.74 Å². The summed E-state index contributed by atoms with van der Waals surface area (Å²) >= 11 is 0. The van der Waals surface area contributed by atoms with E-state index in [1.807, 2.05) is 13.2 Å². The van der Waals surface area contributed by atoms with Crippen molar-refractivity contribution in [2.24, 2.45) is 13.0 Å². The summed E-state index contributed by atoms with van der Waals surface area (Å²) in [6.45, 7) is 0.650. The second-order valence-electron chi connectivity index (χ2n) is 6.41. The maximum absolute atomic E-state index is 13.2. The van der Waals surface area contributed by atoms with Gasteiger partial charge in [-0.1, -0.05) is 12.8 Å². The fraction of sp³-hybridized carbons (Fsp3) is 0.316. The molecule has 3 aromatic rings. The van der Waals surface area contributed by atoms with Crippen LogP contribution >= 0.6 is 0 Å². The van der Waals surface area contributed by atoms with Gasteiger partial charge in [0.05, 0.1) is 24.1 Å². The first-order valence-electron chi connectivity index (χ1n) is 8.44. The Labute approximate surface area is 145 Å². The third-order valence-electron chi connectivity index (χ3n) is 4.28. The Morgan fingerprint density at radius 1 is 1.16 bits per heavy atom. The fourth-order valence-electron chi connectivity index (χ4n) is 2.67. The van der Waals surface area contributed by atoms with Gasteiger partial charge in [-0.15, -0.1) is 0 Å². The number of halogens is 1. The second-order valence-corrected chi connectivity index (χ2v) is 6.41. The molecule has 0 unspecified atom stereocenters. The molecule has 1 aliphatic carbocycles. The summed E-state index contributed by atoms with van der Waals surface area (Å²) in [4.78, 5) is 9.12. The highest BCUT2D eigenvalue weighted by Gasteiger charge is 2.21. The van der Waals surface area contributed by atoms with Crippen LogP contribution in [0, 0.1) is 11.7 Å². The maximum atomic E-state index is 13.2. The van der Waals surface area contributed by atoms with Crippen molar-refractivity contribution in [3.8, 4) is 28.5 Å². The predicted octanol–water partition coefficient (Wildman–Crippen LogP) is 3.86. The minimum atomic E-state index is -0.272. The van der Waals surface area contributed by atoms with Crippen LogP contribution < -0.4 is 4.74 Å². The highest BCUT2D eigenvalue weighted by Crippen LogP contribution is 2.32. The lowest BCUT2D eigenvalue weighted by atomic mass is 10.1. The first kappa shape index (κ1) is 15.7. The predicted molar refractivity (Wildman–Crippen MR) is 92.5 cm³/mol. The van der Waals surface area contributed by atoms with Gasteiger partial charge in [-0.3, -0.25) is 4.68 Å². The van der Waals surface area contributed by atoms with Crippen LogP contribution in [-0.2, 0) is 7.05 Å².